The molecule has 0 spiro atoms. The van der Waals surface area contributed by atoms with Gasteiger partial charge in [0.05, 0.1) is 11.5 Å². The Morgan fingerprint density at radius 1 is 1.32 bits per heavy atom. The van der Waals surface area contributed by atoms with E-state index in [1.54, 1.807) is 0 Å². The van der Waals surface area contributed by atoms with Gasteiger partial charge in [0.1, 0.15) is 6.61 Å². The number of unbranched alkanes of at least 4 members (excludes halogenated alkanes) is 1. The summed E-state index contributed by atoms with van der Waals surface area (Å²) in [5.74, 6) is 0.242. The average molecular weight is 308 g/mol. The topological polar surface area (TPSA) is 81.5 Å². The number of ether oxygens (including phenoxy) is 1. The molecule has 6 nitrogen and oxygen atoms in total. The van der Waals surface area contributed by atoms with Gasteiger partial charge in [0.2, 0.25) is 5.91 Å². The van der Waals surface area contributed by atoms with Crippen molar-refractivity contribution in [3.05, 3.63) is 34.4 Å². The van der Waals surface area contributed by atoms with Crippen LogP contribution < -0.4 is 5.32 Å². The number of carbonyl (C=O) groups excluding carboxylic acids is 1. The number of non-ortho nitro benzene ring substituents is 1. The Labute approximate surface area is 131 Å². The van der Waals surface area contributed by atoms with Crippen LogP contribution in [0.25, 0.3) is 0 Å². The van der Waals surface area contributed by atoms with E-state index in [1.807, 2.05) is 0 Å². The Morgan fingerprint density at radius 3 is 2.55 bits per heavy atom. The molecule has 1 atom stereocenters. The molecule has 22 heavy (non-hydrogen) atoms. The molecular weight excluding hydrogens is 284 g/mol. The van der Waals surface area contributed by atoms with E-state index in [9.17, 15) is 14.9 Å². The Bertz CT molecular complexity index is 474. The molecule has 0 radical (unpaired) electrons. The summed E-state index contributed by atoms with van der Waals surface area (Å²) in [6.07, 6.45) is 4.51. The van der Waals surface area contributed by atoms with Gasteiger partial charge in [-0.05, 0) is 24.5 Å². The molecule has 122 valence electrons. The van der Waals surface area contributed by atoms with E-state index in [0.29, 0.717) is 18.2 Å². The summed E-state index contributed by atoms with van der Waals surface area (Å²) in [4.78, 5) is 21.8. The first-order chi connectivity index (χ1) is 10.6. The minimum absolute atomic E-state index is 0.000384. The fraction of sp³-hybridized carbons (Fsp3) is 0.562. The number of nitro groups is 1. The predicted molar refractivity (Wildman–Crippen MR) is 85.9 cm³/mol. The van der Waals surface area contributed by atoms with Gasteiger partial charge in [0.25, 0.3) is 5.69 Å². The molecule has 0 aliphatic heterocycles. The normalized spacial score (nSPS) is 11.9. The number of amides is 1. The van der Waals surface area contributed by atoms with Gasteiger partial charge in [-0.2, -0.15) is 0 Å². The number of benzene rings is 1. The highest BCUT2D eigenvalue weighted by Crippen LogP contribution is 2.15. The van der Waals surface area contributed by atoms with Gasteiger partial charge < -0.3 is 10.1 Å². The van der Waals surface area contributed by atoms with Crippen LogP contribution >= 0.6 is 0 Å². The molecule has 1 aromatic rings. The summed E-state index contributed by atoms with van der Waals surface area (Å²) in [6, 6.07) is 5.72. The highest BCUT2D eigenvalue weighted by Gasteiger charge is 2.09. The van der Waals surface area contributed by atoms with E-state index < -0.39 is 4.92 Å². The summed E-state index contributed by atoms with van der Waals surface area (Å²) in [5, 5.41) is 13.2. The second-order valence-corrected chi connectivity index (χ2v) is 5.28. The number of hydrogen-bond donors (Lipinski definition) is 1. The van der Waals surface area contributed by atoms with Crippen molar-refractivity contribution in [2.45, 2.75) is 39.5 Å². The lowest BCUT2D eigenvalue weighted by Gasteiger charge is -2.14. The first-order valence-electron chi connectivity index (χ1n) is 7.68. The molecule has 0 aliphatic rings. The van der Waals surface area contributed by atoms with Gasteiger partial charge in [0.15, 0.2) is 0 Å². The molecule has 1 rings (SSSR count). The van der Waals surface area contributed by atoms with Crippen molar-refractivity contribution in [2.24, 2.45) is 5.92 Å². The van der Waals surface area contributed by atoms with Crippen LogP contribution in [-0.2, 0) is 9.53 Å². The van der Waals surface area contributed by atoms with E-state index in [0.717, 1.165) is 19.3 Å². The smallest absolute Gasteiger partial charge is 0.269 e. The van der Waals surface area contributed by atoms with Gasteiger partial charge in [0, 0.05) is 17.8 Å². The molecule has 1 amide bonds. The third kappa shape index (κ3) is 6.67. The highest BCUT2D eigenvalue weighted by molar-refractivity contribution is 5.91. The number of anilines is 1. The monoisotopic (exact) mass is 308 g/mol. The van der Waals surface area contributed by atoms with Crippen LogP contribution in [0.3, 0.4) is 0 Å². The lowest BCUT2D eigenvalue weighted by atomic mass is 10.0. The van der Waals surface area contributed by atoms with E-state index in [-0.39, 0.29) is 18.2 Å². The van der Waals surface area contributed by atoms with Gasteiger partial charge in [-0.25, -0.2) is 0 Å². The quantitative estimate of drug-likeness (QED) is 0.527. The summed E-state index contributed by atoms with van der Waals surface area (Å²) in [7, 11) is 0. The molecule has 0 fully saturated rings. The Kier molecular flexibility index (Phi) is 8.14. The van der Waals surface area contributed by atoms with Gasteiger partial charge in [-0.3, -0.25) is 14.9 Å². The third-order valence-electron chi connectivity index (χ3n) is 3.49. The Balaban J connectivity index is 2.32. The number of hydrogen-bond acceptors (Lipinski definition) is 4. The lowest BCUT2D eigenvalue weighted by Crippen LogP contribution is -2.20. The standard InChI is InChI=1S/C16H24N2O4/c1-3-5-6-13(4-2)11-22-12-16(19)17-14-7-9-15(10-8-14)18(20)21/h7-10,13H,3-6,11-12H2,1-2H3,(H,17,19). The van der Waals surface area contributed by atoms with E-state index >= 15 is 0 Å². The third-order valence-corrected chi connectivity index (χ3v) is 3.49. The van der Waals surface area contributed by atoms with Crippen LogP contribution in [0.15, 0.2) is 24.3 Å². The van der Waals surface area contributed by atoms with Crippen molar-refractivity contribution < 1.29 is 14.5 Å². The number of rotatable bonds is 10. The zero-order chi connectivity index (χ0) is 16.4. The lowest BCUT2D eigenvalue weighted by molar-refractivity contribution is -0.384. The Hall–Kier alpha value is -1.95. The summed E-state index contributed by atoms with van der Waals surface area (Å²) < 4.78 is 5.46. The SMILES string of the molecule is CCCCC(CC)COCC(=O)Nc1ccc([N+](=O)[O-])cc1. The van der Waals surface area contributed by atoms with Gasteiger partial charge in [-0.15, -0.1) is 0 Å². The molecular formula is C16H24N2O4. The first kappa shape index (κ1) is 18.1. The molecule has 0 aliphatic carbocycles. The minimum atomic E-state index is -0.476. The van der Waals surface area contributed by atoms with Crippen molar-refractivity contribution >= 4 is 17.3 Å². The van der Waals surface area contributed by atoms with Crippen molar-refractivity contribution in [3.8, 4) is 0 Å². The number of nitrogens with zero attached hydrogens (tertiary/aromatic N) is 1. The zero-order valence-electron chi connectivity index (χ0n) is 13.2. The van der Waals surface area contributed by atoms with E-state index in [2.05, 4.69) is 19.2 Å². The molecule has 1 N–H and O–H groups in total. The maximum atomic E-state index is 11.7. The van der Waals surface area contributed by atoms with Crippen molar-refractivity contribution in [3.63, 3.8) is 0 Å². The van der Waals surface area contributed by atoms with Crippen LogP contribution in [0, 0.1) is 16.0 Å². The fourth-order valence-corrected chi connectivity index (χ4v) is 2.08. The molecule has 0 heterocycles. The molecule has 0 bridgehead atoms. The zero-order valence-corrected chi connectivity index (χ0v) is 13.2. The highest BCUT2D eigenvalue weighted by atomic mass is 16.6. The Morgan fingerprint density at radius 2 is 2.00 bits per heavy atom. The first-order valence-corrected chi connectivity index (χ1v) is 7.68. The van der Waals surface area contributed by atoms with Crippen molar-refractivity contribution in [2.75, 3.05) is 18.5 Å². The van der Waals surface area contributed by atoms with Crippen LogP contribution in [0.5, 0.6) is 0 Å². The van der Waals surface area contributed by atoms with Crippen molar-refractivity contribution in [1.82, 2.24) is 0 Å². The number of carbonyl (C=O) groups is 1. The van der Waals surface area contributed by atoms with E-state index in [4.69, 9.17) is 4.74 Å². The average Bonchev–Trinajstić information content (AvgIpc) is 2.51. The minimum Gasteiger partial charge on any atom is -0.371 e. The van der Waals surface area contributed by atoms with Crippen LogP contribution in [0.2, 0.25) is 0 Å². The van der Waals surface area contributed by atoms with Crippen molar-refractivity contribution in [1.29, 1.82) is 0 Å². The molecule has 0 saturated carbocycles. The fourth-order valence-electron chi connectivity index (χ4n) is 2.08. The van der Waals surface area contributed by atoms with Gasteiger partial charge in [-0.1, -0.05) is 33.1 Å². The maximum absolute atomic E-state index is 11.7. The van der Waals surface area contributed by atoms with Crippen LogP contribution in [-0.4, -0.2) is 24.0 Å². The van der Waals surface area contributed by atoms with E-state index in [1.165, 1.54) is 30.7 Å². The molecule has 0 saturated heterocycles. The molecule has 6 heteroatoms. The second-order valence-electron chi connectivity index (χ2n) is 5.28. The molecule has 1 unspecified atom stereocenters. The largest absolute Gasteiger partial charge is 0.371 e. The summed E-state index contributed by atoms with van der Waals surface area (Å²) in [5.41, 5.74) is 0.521. The molecule has 1 aromatic carbocycles. The predicted octanol–water partition coefficient (Wildman–Crippen LogP) is 3.77. The summed E-state index contributed by atoms with van der Waals surface area (Å²) >= 11 is 0. The number of nitrogens with one attached hydrogen (secondary N) is 1. The summed E-state index contributed by atoms with van der Waals surface area (Å²) in [6.45, 7) is 4.87. The van der Waals surface area contributed by atoms with Gasteiger partial charge >= 0.3 is 0 Å². The number of nitro benzene ring substituents is 1. The molecule has 0 aromatic heterocycles. The van der Waals surface area contributed by atoms with Crippen LogP contribution in [0.1, 0.15) is 39.5 Å². The second kappa shape index (κ2) is 9.89. The van der Waals surface area contributed by atoms with Crippen LogP contribution in [0.4, 0.5) is 11.4 Å². The maximum Gasteiger partial charge on any atom is 0.269 e.